The Balaban J connectivity index is 3.50. The van der Waals surface area contributed by atoms with Crippen molar-refractivity contribution in [3.63, 3.8) is 0 Å². The Bertz CT molecular complexity index is 225. The maximum absolute atomic E-state index is 11.3. The summed E-state index contributed by atoms with van der Waals surface area (Å²) in [4.78, 5) is 24.5. The van der Waals surface area contributed by atoms with Gasteiger partial charge in [-0.15, -0.1) is 0 Å². The van der Waals surface area contributed by atoms with E-state index in [4.69, 9.17) is 9.47 Å². The third kappa shape index (κ3) is 11.4. The second-order valence-corrected chi connectivity index (χ2v) is 4.93. The predicted octanol–water partition coefficient (Wildman–Crippen LogP) is 1.46. The number of rotatable bonds is 9. The van der Waals surface area contributed by atoms with E-state index in [1.807, 2.05) is 19.0 Å². The van der Waals surface area contributed by atoms with Gasteiger partial charge in [0.15, 0.2) is 0 Å². The van der Waals surface area contributed by atoms with E-state index in [0.29, 0.717) is 25.7 Å². The van der Waals surface area contributed by atoms with Crippen LogP contribution in [0.1, 0.15) is 33.1 Å². The number of carbonyl (C=O) groups is 2. The Morgan fingerprint density at radius 1 is 1.00 bits per heavy atom. The van der Waals surface area contributed by atoms with Crippen LogP contribution in [0.5, 0.6) is 0 Å². The van der Waals surface area contributed by atoms with Gasteiger partial charge in [-0.2, -0.15) is 0 Å². The molecule has 5 heteroatoms. The van der Waals surface area contributed by atoms with Gasteiger partial charge in [-0.1, -0.05) is 13.8 Å². The molecule has 0 heterocycles. The van der Waals surface area contributed by atoms with Crippen molar-refractivity contribution < 1.29 is 19.1 Å². The SMILES string of the molecule is CC(C)CCOC(=O)CCC(=O)OCCN(C)C. The quantitative estimate of drug-likeness (QED) is 0.587. The van der Waals surface area contributed by atoms with Crippen molar-refractivity contribution in [2.45, 2.75) is 33.1 Å². The predicted molar refractivity (Wildman–Crippen MR) is 69.2 cm³/mol. The van der Waals surface area contributed by atoms with Crippen LogP contribution in [0, 0.1) is 5.92 Å². The average Bonchev–Trinajstić information content (AvgIpc) is 2.25. The van der Waals surface area contributed by atoms with E-state index in [2.05, 4.69) is 13.8 Å². The largest absolute Gasteiger partial charge is 0.466 e. The number of ether oxygens (including phenoxy) is 2. The van der Waals surface area contributed by atoms with Crippen molar-refractivity contribution in [3.8, 4) is 0 Å². The Hall–Kier alpha value is -1.10. The van der Waals surface area contributed by atoms with Crippen LogP contribution in [0.4, 0.5) is 0 Å². The van der Waals surface area contributed by atoms with Crippen molar-refractivity contribution in [1.82, 2.24) is 4.90 Å². The lowest BCUT2D eigenvalue weighted by Gasteiger charge is -2.10. The van der Waals surface area contributed by atoms with Gasteiger partial charge in [0.25, 0.3) is 0 Å². The molecule has 0 aliphatic carbocycles. The van der Waals surface area contributed by atoms with Gasteiger partial charge in [-0.3, -0.25) is 9.59 Å². The molecule has 0 spiro atoms. The van der Waals surface area contributed by atoms with Crippen molar-refractivity contribution in [2.75, 3.05) is 33.9 Å². The van der Waals surface area contributed by atoms with E-state index in [1.165, 1.54) is 0 Å². The number of carbonyl (C=O) groups excluding carboxylic acids is 2. The van der Waals surface area contributed by atoms with Crippen LogP contribution < -0.4 is 0 Å². The summed E-state index contributed by atoms with van der Waals surface area (Å²) in [6, 6.07) is 0. The van der Waals surface area contributed by atoms with Gasteiger partial charge in [-0.25, -0.2) is 0 Å². The highest BCUT2D eigenvalue weighted by atomic mass is 16.5. The van der Waals surface area contributed by atoms with Gasteiger partial charge in [0.1, 0.15) is 6.61 Å². The standard InChI is InChI=1S/C13H25NO4/c1-11(2)7-9-17-12(15)5-6-13(16)18-10-8-14(3)4/h11H,5-10H2,1-4H3. The third-order valence-corrected chi connectivity index (χ3v) is 2.29. The Labute approximate surface area is 109 Å². The maximum atomic E-state index is 11.3. The van der Waals surface area contributed by atoms with Gasteiger partial charge in [0.05, 0.1) is 19.4 Å². The Morgan fingerprint density at radius 3 is 1.94 bits per heavy atom. The van der Waals surface area contributed by atoms with Crippen LogP contribution in [0.2, 0.25) is 0 Å². The monoisotopic (exact) mass is 259 g/mol. The van der Waals surface area contributed by atoms with Crippen LogP contribution >= 0.6 is 0 Å². The molecule has 0 saturated heterocycles. The van der Waals surface area contributed by atoms with Crippen LogP contribution in [0.15, 0.2) is 0 Å². The first kappa shape index (κ1) is 16.9. The van der Waals surface area contributed by atoms with E-state index < -0.39 is 0 Å². The van der Waals surface area contributed by atoms with Gasteiger partial charge >= 0.3 is 11.9 Å². The molecule has 0 amide bonds. The number of likely N-dealkylation sites (N-methyl/N-ethyl adjacent to an activating group) is 1. The smallest absolute Gasteiger partial charge is 0.306 e. The van der Waals surface area contributed by atoms with Gasteiger partial charge < -0.3 is 14.4 Å². The van der Waals surface area contributed by atoms with E-state index in [-0.39, 0.29) is 24.8 Å². The van der Waals surface area contributed by atoms with Gasteiger partial charge in [0, 0.05) is 6.54 Å². The summed E-state index contributed by atoms with van der Waals surface area (Å²) in [5, 5.41) is 0. The molecule has 0 aromatic carbocycles. The van der Waals surface area contributed by atoms with E-state index in [0.717, 1.165) is 6.42 Å². The molecule has 0 aliphatic heterocycles. The summed E-state index contributed by atoms with van der Waals surface area (Å²) in [6.07, 6.45) is 1.03. The maximum Gasteiger partial charge on any atom is 0.306 e. The molecule has 0 rings (SSSR count). The summed E-state index contributed by atoms with van der Waals surface area (Å²) in [5.41, 5.74) is 0. The minimum absolute atomic E-state index is 0.0912. The highest BCUT2D eigenvalue weighted by Crippen LogP contribution is 2.01. The molecule has 0 radical (unpaired) electrons. The first-order valence-corrected chi connectivity index (χ1v) is 6.37. The lowest BCUT2D eigenvalue weighted by molar-refractivity contribution is -0.150. The van der Waals surface area contributed by atoms with Crippen LogP contribution in [0.3, 0.4) is 0 Å². The second kappa shape index (κ2) is 9.88. The number of nitrogens with zero attached hydrogens (tertiary/aromatic N) is 1. The summed E-state index contributed by atoms with van der Waals surface area (Å²) < 4.78 is 9.95. The summed E-state index contributed by atoms with van der Waals surface area (Å²) >= 11 is 0. The summed E-state index contributed by atoms with van der Waals surface area (Å²) in [6.45, 7) is 5.59. The van der Waals surface area contributed by atoms with Crippen LogP contribution in [-0.2, 0) is 19.1 Å². The molecule has 0 N–H and O–H groups in total. The molecule has 0 aromatic rings. The molecular weight excluding hydrogens is 234 g/mol. The third-order valence-electron chi connectivity index (χ3n) is 2.29. The summed E-state index contributed by atoms with van der Waals surface area (Å²) in [5.74, 6) is -0.174. The topological polar surface area (TPSA) is 55.8 Å². The molecule has 0 aliphatic rings. The van der Waals surface area contributed by atoms with Crippen LogP contribution in [-0.4, -0.2) is 50.7 Å². The lowest BCUT2D eigenvalue weighted by Crippen LogP contribution is -2.20. The zero-order valence-electron chi connectivity index (χ0n) is 11.9. The fourth-order valence-corrected chi connectivity index (χ4v) is 1.10. The van der Waals surface area contributed by atoms with E-state index >= 15 is 0 Å². The van der Waals surface area contributed by atoms with Crippen molar-refractivity contribution >= 4 is 11.9 Å². The molecule has 0 atom stereocenters. The van der Waals surface area contributed by atoms with E-state index in [1.54, 1.807) is 0 Å². The van der Waals surface area contributed by atoms with Crippen molar-refractivity contribution in [2.24, 2.45) is 5.92 Å². The second-order valence-electron chi connectivity index (χ2n) is 4.93. The molecule has 18 heavy (non-hydrogen) atoms. The minimum atomic E-state index is -0.349. The van der Waals surface area contributed by atoms with Gasteiger partial charge in [0.2, 0.25) is 0 Å². The van der Waals surface area contributed by atoms with E-state index in [9.17, 15) is 9.59 Å². The molecule has 0 bridgehead atoms. The highest BCUT2D eigenvalue weighted by Gasteiger charge is 2.09. The fourth-order valence-electron chi connectivity index (χ4n) is 1.10. The molecular formula is C13H25NO4. The molecule has 106 valence electrons. The lowest BCUT2D eigenvalue weighted by atomic mass is 10.1. The fraction of sp³-hybridized carbons (Fsp3) is 0.846. The zero-order valence-corrected chi connectivity index (χ0v) is 11.9. The molecule has 0 unspecified atom stereocenters. The number of esters is 2. The number of hydrogen-bond donors (Lipinski definition) is 0. The first-order chi connectivity index (χ1) is 8.41. The average molecular weight is 259 g/mol. The molecule has 0 saturated carbocycles. The number of hydrogen-bond acceptors (Lipinski definition) is 5. The van der Waals surface area contributed by atoms with Gasteiger partial charge in [-0.05, 0) is 26.4 Å². The molecule has 5 nitrogen and oxygen atoms in total. The molecule has 0 aromatic heterocycles. The first-order valence-electron chi connectivity index (χ1n) is 6.37. The van der Waals surface area contributed by atoms with Crippen molar-refractivity contribution in [1.29, 1.82) is 0 Å². The normalized spacial score (nSPS) is 10.8. The Morgan fingerprint density at radius 2 is 1.50 bits per heavy atom. The molecule has 0 fully saturated rings. The summed E-state index contributed by atoms with van der Waals surface area (Å²) in [7, 11) is 3.81. The zero-order chi connectivity index (χ0) is 14.0. The minimum Gasteiger partial charge on any atom is -0.466 e. The Kier molecular flexibility index (Phi) is 9.28. The van der Waals surface area contributed by atoms with Crippen LogP contribution in [0.25, 0.3) is 0 Å². The highest BCUT2D eigenvalue weighted by molar-refractivity contribution is 5.77. The van der Waals surface area contributed by atoms with Crippen molar-refractivity contribution in [3.05, 3.63) is 0 Å².